The Morgan fingerprint density at radius 2 is 1.96 bits per heavy atom. The average Bonchev–Trinajstić information content (AvgIpc) is 3.02. The maximum atomic E-state index is 12.2. The molecule has 1 unspecified atom stereocenters. The summed E-state index contributed by atoms with van der Waals surface area (Å²) in [5.41, 5.74) is 0.461. The van der Waals surface area contributed by atoms with E-state index >= 15 is 0 Å². The predicted octanol–water partition coefficient (Wildman–Crippen LogP) is 2.40. The Hall–Kier alpha value is -3.39. The number of benzene rings is 1. The molecule has 0 aliphatic rings. The summed E-state index contributed by atoms with van der Waals surface area (Å²) in [6, 6.07) is 12.9. The second-order valence-electron chi connectivity index (χ2n) is 5.58. The minimum Gasteiger partial charge on any atom is -0.449 e. The van der Waals surface area contributed by atoms with E-state index in [4.69, 9.17) is 16.3 Å². The van der Waals surface area contributed by atoms with Gasteiger partial charge < -0.3 is 10.1 Å². The number of ether oxygens (including phenoxy) is 1. The lowest BCUT2D eigenvalue weighted by Gasteiger charge is -2.12. The number of aromatic nitrogens is 3. The molecule has 2 N–H and O–H groups in total. The van der Waals surface area contributed by atoms with E-state index in [1.807, 2.05) is 6.07 Å². The first-order valence-corrected chi connectivity index (χ1v) is 8.33. The van der Waals surface area contributed by atoms with Gasteiger partial charge in [0.2, 0.25) is 0 Å². The number of esters is 1. The van der Waals surface area contributed by atoms with Gasteiger partial charge in [-0.15, -0.1) is 0 Å². The number of amides is 1. The number of para-hydroxylation sites is 1. The second kappa shape index (κ2) is 7.88. The number of carbonyl (C=O) groups is 2. The van der Waals surface area contributed by atoms with Crippen molar-refractivity contribution in [2.45, 2.75) is 13.0 Å². The molecular weight excluding hydrogens is 372 g/mol. The molecule has 8 nitrogen and oxygen atoms in total. The van der Waals surface area contributed by atoms with Crippen molar-refractivity contribution in [1.82, 2.24) is 14.8 Å². The summed E-state index contributed by atoms with van der Waals surface area (Å²) in [6.45, 7) is 1.42. The lowest BCUT2D eigenvalue weighted by Crippen LogP contribution is -2.30. The van der Waals surface area contributed by atoms with Crippen LogP contribution >= 0.6 is 11.6 Å². The molecule has 2 heterocycles. The van der Waals surface area contributed by atoms with Crippen LogP contribution in [0.1, 0.15) is 17.3 Å². The van der Waals surface area contributed by atoms with E-state index in [1.165, 1.54) is 36.0 Å². The highest BCUT2D eigenvalue weighted by molar-refractivity contribution is 6.29. The molecular formula is C18H15ClN4O4. The van der Waals surface area contributed by atoms with Crippen molar-refractivity contribution in [3.05, 3.63) is 75.8 Å². The number of hydrogen-bond donors (Lipinski definition) is 2. The van der Waals surface area contributed by atoms with E-state index in [0.29, 0.717) is 5.69 Å². The highest BCUT2D eigenvalue weighted by atomic mass is 35.5. The molecule has 0 saturated carbocycles. The summed E-state index contributed by atoms with van der Waals surface area (Å²) in [7, 11) is 0. The fraction of sp³-hybridized carbons (Fsp3) is 0.111. The van der Waals surface area contributed by atoms with Crippen LogP contribution in [-0.2, 0) is 9.53 Å². The van der Waals surface area contributed by atoms with Crippen LogP contribution < -0.4 is 10.9 Å². The molecule has 2 aromatic heterocycles. The number of aromatic amines is 1. The van der Waals surface area contributed by atoms with Crippen molar-refractivity contribution in [1.29, 1.82) is 0 Å². The molecule has 0 bridgehead atoms. The summed E-state index contributed by atoms with van der Waals surface area (Å²) < 4.78 is 6.39. The van der Waals surface area contributed by atoms with E-state index in [-0.39, 0.29) is 22.1 Å². The molecule has 0 aliphatic carbocycles. The van der Waals surface area contributed by atoms with E-state index in [0.717, 1.165) is 0 Å². The summed E-state index contributed by atoms with van der Waals surface area (Å²) in [4.78, 5) is 40.1. The molecule has 3 rings (SSSR count). The van der Waals surface area contributed by atoms with Crippen LogP contribution in [0.15, 0.2) is 59.5 Å². The number of hydrogen-bond acceptors (Lipinski definition) is 5. The van der Waals surface area contributed by atoms with Crippen molar-refractivity contribution < 1.29 is 14.3 Å². The summed E-state index contributed by atoms with van der Waals surface area (Å²) in [5.74, 6) is -1.12. The summed E-state index contributed by atoms with van der Waals surface area (Å²) in [6.07, 6.45) is 0.272. The highest BCUT2D eigenvalue weighted by Gasteiger charge is 2.20. The van der Waals surface area contributed by atoms with Crippen LogP contribution in [0.5, 0.6) is 0 Å². The highest BCUT2D eigenvalue weighted by Crippen LogP contribution is 2.11. The lowest BCUT2D eigenvalue weighted by molar-refractivity contribution is -0.123. The van der Waals surface area contributed by atoms with Gasteiger partial charge in [0.15, 0.2) is 6.10 Å². The Bertz CT molecular complexity index is 1030. The quantitative estimate of drug-likeness (QED) is 0.517. The zero-order valence-corrected chi connectivity index (χ0v) is 14.9. The second-order valence-corrected chi connectivity index (χ2v) is 5.97. The van der Waals surface area contributed by atoms with Crippen LogP contribution in [-0.4, -0.2) is 32.7 Å². The summed E-state index contributed by atoms with van der Waals surface area (Å²) in [5, 5.41) is 5.43. The van der Waals surface area contributed by atoms with Gasteiger partial charge in [-0.1, -0.05) is 29.8 Å². The molecule has 1 atom stereocenters. The number of pyridine rings is 1. The van der Waals surface area contributed by atoms with Gasteiger partial charge in [-0.25, -0.2) is 14.5 Å². The van der Waals surface area contributed by atoms with E-state index < -0.39 is 18.0 Å². The number of nitrogens with zero attached hydrogens (tertiary/aromatic N) is 2. The molecule has 27 heavy (non-hydrogen) atoms. The smallest absolute Gasteiger partial charge is 0.339 e. The lowest BCUT2D eigenvalue weighted by atomic mass is 10.3. The van der Waals surface area contributed by atoms with Crippen LogP contribution in [0, 0.1) is 0 Å². The maximum Gasteiger partial charge on any atom is 0.339 e. The van der Waals surface area contributed by atoms with Gasteiger partial charge in [0.1, 0.15) is 11.0 Å². The molecule has 0 fully saturated rings. The van der Waals surface area contributed by atoms with Crippen LogP contribution in [0.2, 0.25) is 5.15 Å². The topological polar surface area (TPSA) is 106 Å². The fourth-order valence-corrected chi connectivity index (χ4v) is 2.45. The number of H-pyrrole nitrogens is 1. The third kappa shape index (κ3) is 4.42. The number of nitrogens with one attached hydrogen (secondary N) is 2. The predicted molar refractivity (Wildman–Crippen MR) is 99.1 cm³/mol. The number of halogens is 1. The van der Waals surface area contributed by atoms with Gasteiger partial charge >= 0.3 is 5.97 Å². The summed E-state index contributed by atoms with van der Waals surface area (Å²) >= 11 is 5.73. The van der Waals surface area contributed by atoms with Crippen molar-refractivity contribution >= 4 is 29.3 Å². The van der Waals surface area contributed by atoms with Gasteiger partial charge in [0, 0.05) is 12.3 Å². The first-order chi connectivity index (χ1) is 12.9. The Labute approximate surface area is 158 Å². The minimum absolute atomic E-state index is 0.140. The van der Waals surface area contributed by atoms with E-state index in [9.17, 15) is 14.4 Å². The normalized spacial score (nSPS) is 11.6. The molecule has 0 aliphatic heterocycles. The van der Waals surface area contributed by atoms with Gasteiger partial charge in [0.25, 0.3) is 11.5 Å². The molecule has 0 radical (unpaired) electrons. The molecule has 9 heteroatoms. The van der Waals surface area contributed by atoms with Crippen LogP contribution in [0.3, 0.4) is 0 Å². The molecule has 0 spiro atoms. The monoisotopic (exact) mass is 386 g/mol. The fourth-order valence-electron chi connectivity index (χ4n) is 2.27. The third-order valence-electron chi connectivity index (χ3n) is 3.61. The number of anilines is 1. The first-order valence-electron chi connectivity index (χ1n) is 7.95. The van der Waals surface area contributed by atoms with Crippen LogP contribution in [0.4, 0.5) is 5.82 Å². The first kappa shape index (κ1) is 18.4. The van der Waals surface area contributed by atoms with E-state index in [2.05, 4.69) is 15.4 Å². The third-order valence-corrected chi connectivity index (χ3v) is 3.81. The average molecular weight is 387 g/mol. The van der Waals surface area contributed by atoms with Gasteiger partial charge in [-0.3, -0.25) is 14.7 Å². The Morgan fingerprint density at radius 1 is 1.22 bits per heavy atom. The SMILES string of the molecule is CC(OC(=O)c1ccnc(Cl)c1)C(=O)Nc1cc(=O)n(-c2ccccc2)[nH]1. The maximum absolute atomic E-state index is 12.2. The molecule has 1 aromatic carbocycles. The van der Waals surface area contributed by atoms with Crippen molar-refractivity contribution in [2.75, 3.05) is 5.32 Å². The standard InChI is InChI=1S/C18H15ClN4O4/c1-11(27-18(26)12-7-8-20-14(19)9-12)17(25)21-15-10-16(24)23(22-15)13-5-3-2-4-6-13/h2-11,22H,1H3,(H,21,25). The van der Waals surface area contributed by atoms with Gasteiger partial charge in [0.05, 0.1) is 11.3 Å². The zero-order valence-electron chi connectivity index (χ0n) is 14.2. The zero-order chi connectivity index (χ0) is 19.4. The van der Waals surface area contributed by atoms with Crippen molar-refractivity contribution in [3.63, 3.8) is 0 Å². The molecule has 1 amide bonds. The number of rotatable bonds is 5. The Kier molecular flexibility index (Phi) is 5.37. The Balaban J connectivity index is 1.67. The minimum atomic E-state index is -1.09. The Morgan fingerprint density at radius 3 is 2.67 bits per heavy atom. The molecule has 3 aromatic rings. The van der Waals surface area contributed by atoms with Crippen LogP contribution in [0.25, 0.3) is 5.69 Å². The van der Waals surface area contributed by atoms with Crippen molar-refractivity contribution in [3.8, 4) is 5.69 Å². The van der Waals surface area contributed by atoms with E-state index in [1.54, 1.807) is 24.3 Å². The van der Waals surface area contributed by atoms with Gasteiger partial charge in [-0.2, -0.15) is 0 Å². The largest absolute Gasteiger partial charge is 0.449 e. The number of carbonyl (C=O) groups excluding carboxylic acids is 2. The molecule has 0 saturated heterocycles. The van der Waals surface area contributed by atoms with Gasteiger partial charge in [-0.05, 0) is 31.2 Å². The van der Waals surface area contributed by atoms with Crippen molar-refractivity contribution in [2.24, 2.45) is 0 Å². The molecule has 138 valence electrons.